The Morgan fingerprint density at radius 3 is 2.43 bits per heavy atom. The fraction of sp³-hybridized carbons (Fsp3) is 0.667. The van der Waals surface area contributed by atoms with Crippen molar-refractivity contribution in [3.05, 3.63) is 0 Å². The SMILES string of the molecule is CC(N=N)C(N)=O. The number of carbonyl (C=O) groups excluding carboxylic acids is 1. The Hall–Kier alpha value is -0.930. The van der Waals surface area contributed by atoms with Crippen molar-refractivity contribution in [3.63, 3.8) is 0 Å². The molecule has 0 saturated heterocycles. The molecule has 0 aliphatic heterocycles. The molecule has 0 aromatic carbocycles. The largest absolute Gasteiger partial charge is 0.368 e. The summed E-state index contributed by atoms with van der Waals surface area (Å²) in [4.78, 5) is 9.94. The second-order valence-corrected chi connectivity index (χ2v) is 1.21. The smallest absolute Gasteiger partial charge is 0.243 e. The summed E-state index contributed by atoms with van der Waals surface area (Å²) in [5.74, 6) is -0.560. The lowest BCUT2D eigenvalue weighted by Crippen LogP contribution is -2.22. The third-order valence-electron chi connectivity index (χ3n) is 0.605. The van der Waals surface area contributed by atoms with Crippen LogP contribution in [0.3, 0.4) is 0 Å². The van der Waals surface area contributed by atoms with Gasteiger partial charge in [0.15, 0.2) is 0 Å². The lowest BCUT2D eigenvalue weighted by atomic mass is 10.4. The minimum atomic E-state index is -0.667. The van der Waals surface area contributed by atoms with Crippen LogP contribution in [0, 0.1) is 5.53 Å². The van der Waals surface area contributed by atoms with E-state index >= 15 is 0 Å². The van der Waals surface area contributed by atoms with Gasteiger partial charge in [-0.1, -0.05) is 0 Å². The monoisotopic (exact) mass is 101 g/mol. The Morgan fingerprint density at radius 2 is 2.43 bits per heavy atom. The second-order valence-electron chi connectivity index (χ2n) is 1.21. The highest BCUT2D eigenvalue weighted by atomic mass is 16.1. The summed E-state index contributed by atoms with van der Waals surface area (Å²) in [6.45, 7) is 1.47. The Bertz CT molecular complexity index is 90.2. The highest BCUT2D eigenvalue weighted by Crippen LogP contribution is 1.82. The Labute approximate surface area is 41.2 Å². The summed E-state index contributed by atoms with van der Waals surface area (Å²) < 4.78 is 0. The summed E-state index contributed by atoms with van der Waals surface area (Å²) in [6.07, 6.45) is 0. The van der Waals surface area contributed by atoms with Crippen LogP contribution in [-0.2, 0) is 4.79 Å². The predicted octanol–water partition coefficient (Wildman–Crippen LogP) is -0.109. The number of amides is 1. The van der Waals surface area contributed by atoms with Crippen molar-refractivity contribution < 1.29 is 4.79 Å². The molecule has 3 N–H and O–H groups in total. The summed E-state index contributed by atoms with van der Waals surface area (Å²) in [5, 5.41) is 2.86. The number of carbonyl (C=O) groups is 1. The van der Waals surface area contributed by atoms with Crippen LogP contribution in [0.4, 0.5) is 0 Å². The summed E-state index contributed by atoms with van der Waals surface area (Å²) in [6, 6.07) is -0.667. The van der Waals surface area contributed by atoms with Gasteiger partial charge in [-0.05, 0) is 6.92 Å². The first-order valence-electron chi connectivity index (χ1n) is 1.84. The van der Waals surface area contributed by atoms with Crippen LogP contribution in [0.15, 0.2) is 5.11 Å². The third kappa shape index (κ3) is 1.86. The molecule has 0 heterocycles. The van der Waals surface area contributed by atoms with Crippen molar-refractivity contribution in [2.24, 2.45) is 10.8 Å². The molecule has 1 unspecified atom stereocenters. The molecular weight excluding hydrogens is 94.1 g/mol. The molecule has 1 amide bonds. The third-order valence-corrected chi connectivity index (χ3v) is 0.605. The molecule has 40 valence electrons. The zero-order chi connectivity index (χ0) is 5.86. The minimum absolute atomic E-state index is 0.560. The van der Waals surface area contributed by atoms with E-state index in [1.54, 1.807) is 0 Å². The molecule has 4 heteroatoms. The predicted molar refractivity (Wildman–Crippen MR) is 23.8 cm³/mol. The van der Waals surface area contributed by atoms with Crippen molar-refractivity contribution in [1.29, 1.82) is 5.53 Å². The van der Waals surface area contributed by atoms with Gasteiger partial charge in [-0.25, -0.2) is 5.53 Å². The number of nitrogens with one attached hydrogen (secondary N) is 1. The van der Waals surface area contributed by atoms with Gasteiger partial charge in [0.2, 0.25) is 5.91 Å². The molecule has 0 aromatic heterocycles. The van der Waals surface area contributed by atoms with Gasteiger partial charge in [0.05, 0.1) is 0 Å². The van der Waals surface area contributed by atoms with Gasteiger partial charge < -0.3 is 5.73 Å². The van der Waals surface area contributed by atoms with E-state index in [2.05, 4.69) is 5.11 Å². The van der Waals surface area contributed by atoms with E-state index in [1.807, 2.05) is 0 Å². The van der Waals surface area contributed by atoms with E-state index in [4.69, 9.17) is 11.3 Å². The maximum absolute atomic E-state index is 9.94. The normalized spacial score (nSPS) is 12.7. The standard InChI is InChI=1S/C3H7N3O/c1-2(6-5)3(4)7/h2,5H,1H3,(H2,4,7). The molecular formula is C3H7N3O. The molecule has 0 spiro atoms. The van der Waals surface area contributed by atoms with Crippen molar-refractivity contribution in [2.75, 3.05) is 0 Å². The summed E-state index contributed by atoms with van der Waals surface area (Å²) in [5.41, 5.74) is 11.0. The first kappa shape index (κ1) is 6.07. The molecule has 0 saturated carbocycles. The first-order valence-corrected chi connectivity index (χ1v) is 1.84. The Balaban J connectivity index is 3.55. The second kappa shape index (κ2) is 2.28. The van der Waals surface area contributed by atoms with Gasteiger partial charge >= 0.3 is 0 Å². The Kier molecular flexibility index (Phi) is 1.98. The Morgan fingerprint density at radius 1 is 2.00 bits per heavy atom. The van der Waals surface area contributed by atoms with E-state index in [0.29, 0.717) is 0 Å². The topological polar surface area (TPSA) is 79.3 Å². The number of hydrogen-bond donors (Lipinski definition) is 2. The van der Waals surface area contributed by atoms with Gasteiger partial charge in [0.1, 0.15) is 6.04 Å². The van der Waals surface area contributed by atoms with Crippen LogP contribution in [0.2, 0.25) is 0 Å². The fourth-order valence-electron chi connectivity index (χ4n) is 0.0636. The van der Waals surface area contributed by atoms with Crippen LogP contribution >= 0.6 is 0 Å². The molecule has 4 nitrogen and oxygen atoms in total. The van der Waals surface area contributed by atoms with E-state index in [0.717, 1.165) is 0 Å². The van der Waals surface area contributed by atoms with Gasteiger partial charge in [-0.2, -0.15) is 5.11 Å². The molecule has 0 rings (SSSR count). The van der Waals surface area contributed by atoms with Gasteiger partial charge in [-0.3, -0.25) is 4.79 Å². The van der Waals surface area contributed by atoms with Crippen LogP contribution in [-0.4, -0.2) is 11.9 Å². The maximum atomic E-state index is 9.94. The fourth-order valence-corrected chi connectivity index (χ4v) is 0.0636. The first-order chi connectivity index (χ1) is 3.18. The highest BCUT2D eigenvalue weighted by Gasteiger charge is 2.02. The van der Waals surface area contributed by atoms with Crippen LogP contribution < -0.4 is 5.73 Å². The number of primary amides is 1. The maximum Gasteiger partial charge on any atom is 0.243 e. The highest BCUT2D eigenvalue weighted by molar-refractivity contribution is 5.79. The zero-order valence-corrected chi connectivity index (χ0v) is 4.01. The van der Waals surface area contributed by atoms with E-state index in [9.17, 15) is 4.79 Å². The number of nitrogens with zero attached hydrogens (tertiary/aromatic N) is 1. The van der Waals surface area contributed by atoms with Gasteiger partial charge in [-0.15, -0.1) is 0 Å². The summed E-state index contributed by atoms with van der Waals surface area (Å²) >= 11 is 0. The number of hydrogen-bond acceptors (Lipinski definition) is 3. The molecule has 0 fully saturated rings. The zero-order valence-electron chi connectivity index (χ0n) is 4.01. The van der Waals surface area contributed by atoms with Crippen molar-refractivity contribution in [2.45, 2.75) is 13.0 Å². The van der Waals surface area contributed by atoms with Crippen molar-refractivity contribution >= 4 is 5.91 Å². The van der Waals surface area contributed by atoms with Crippen LogP contribution in [0.1, 0.15) is 6.92 Å². The van der Waals surface area contributed by atoms with Gasteiger partial charge in [0, 0.05) is 0 Å². The average Bonchev–Trinajstić information content (AvgIpc) is 1.65. The summed E-state index contributed by atoms with van der Waals surface area (Å²) in [7, 11) is 0. The molecule has 0 aliphatic rings. The lowest BCUT2D eigenvalue weighted by Gasteiger charge is -1.91. The number of nitrogens with two attached hydrogens (primary N) is 1. The van der Waals surface area contributed by atoms with Crippen LogP contribution in [0.5, 0.6) is 0 Å². The molecule has 0 bridgehead atoms. The van der Waals surface area contributed by atoms with Gasteiger partial charge in [0.25, 0.3) is 0 Å². The van der Waals surface area contributed by atoms with E-state index in [1.165, 1.54) is 6.92 Å². The van der Waals surface area contributed by atoms with Crippen LogP contribution in [0.25, 0.3) is 0 Å². The average molecular weight is 101 g/mol. The lowest BCUT2D eigenvalue weighted by molar-refractivity contribution is -0.118. The molecule has 0 aromatic rings. The molecule has 0 radical (unpaired) electrons. The quantitative estimate of drug-likeness (QED) is 0.467. The van der Waals surface area contributed by atoms with E-state index < -0.39 is 11.9 Å². The molecule has 1 atom stereocenters. The van der Waals surface area contributed by atoms with Crippen molar-refractivity contribution in [1.82, 2.24) is 0 Å². The molecule has 7 heavy (non-hydrogen) atoms. The number of rotatable bonds is 2. The van der Waals surface area contributed by atoms with Crippen molar-refractivity contribution in [3.8, 4) is 0 Å². The minimum Gasteiger partial charge on any atom is -0.368 e. The molecule has 0 aliphatic carbocycles. The van der Waals surface area contributed by atoms with E-state index in [-0.39, 0.29) is 0 Å².